The quantitative estimate of drug-likeness (QED) is 0.374. The van der Waals surface area contributed by atoms with E-state index in [4.69, 9.17) is 0 Å². The normalized spacial score (nSPS) is 11.2. The molecule has 0 aliphatic rings. The van der Waals surface area contributed by atoms with Gasteiger partial charge in [0, 0.05) is 23.7 Å². The molecule has 3 aromatic carbocycles. The molecule has 142 valence electrons. The first-order chi connectivity index (χ1) is 14.3. The highest BCUT2D eigenvalue weighted by Gasteiger charge is 2.12. The van der Waals surface area contributed by atoms with Crippen molar-refractivity contribution in [1.29, 1.82) is 0 Å². The molecule has 0 aliphatic heterocycles. The van der Waals surface area contributed by atoms with Crippen LogP contribution in [0.25, 0.3) is 11.6 Å². The summed E-state index contributed by atoms with van der Waals surface area (Å²) < 4.78 is 1.86. The zero-order valence-corrected chi connectivity index (χ0v) is 15.9. The summed E-state index contributed by atoms with van der Waals surface area (Å²) in [5, 5.41) is 7.24. The van der Waals surface area contributed by atoms with Crippen molar-refractivity contribution >= 4 is 23.2 Å². The average Bonchev–Trinajstić information content (AvgIpc) is 3.28. The van der Waals surface area contributed by atoms with E-state index >= 15 is 0 Å². The maximum atomic E-state index is 13.1. The number of rotatable bonds is 6. The predicted octanol–water partition coefficient (Wildman–Crippen LogP) is 5.11. The Bertz CT molecular complexity index is 1080. The Labute approximate surface area is 170 Å². The molecule has 0 radical (unpaired) electrons. The van der Waals surface area contributed by atoms with Crippen LogP contribution in [0.4, 0.5) is 5.69 Å². The molecule has 0 unspecified atom stereocenters. The Morgan fingerprint density at radius 3 is 2.21 bits per heavy atom. The van der Waals surface area contributed by atoms with Gasteiger partial charge in [0.25, 0.3) is 5.91 Å². The lowest BCUT2D eigenvalue weighted by atomic mass is 10.0. The Balaban J connectivity index is 1.54. The topological polar surface area (TPSA) is 46.9 Å². The fraction of sp³-hybridized carbons (Fsp3) is 0.0400. The molecule has 0 bridgehead atoms. The SMILES string of the molecule is O=C(Nc1ccc(Cn2cccn2)cc1)C(=Cc1ccccc1)c1ccccc1. The molecule has 4 aromatic rings. The number of aromatic nitrogens is 2. The van der Waals surface area contributed by atoms with E-state index in [2.05, 4.69) is 10.4 Å². The van der Waals surface area contributed by atoms with Crippen LogP contribution in [0.1, 0.15) is 16.7 Å². The summed E-state index contributed by atoms with van der Waals surface area (Å²) in [6.07, 6.45) is 5.60. The van der Waals surface area contributed by atoms with Gasteiger partial charge < -0.3 is 5.32 Å². The molecule has 4 heteroatoms. The highest BCUT2D eigenvalue weighted by Crippen LogP contribution is 2.21. The summed E-state index contributed by atoms with van der Waals surface area (Å²) in [5.74, 6) is -0.139. The third-order valence-corrected chi connectivity index (χ3v) is 4.56. The minimum absolute atomic E-state index is 0.139. The van der Waals surface area contributed by atoms with E-state index < -0.39 is 0 Å². The number of carbonyl (C=O) groups excluding carboxylic acids is 1. The summed E-state index contributed by atoms with van der Waals surface area (Å²) in [7, 11) is 0. The Morgan fingerprint density at radius 2 is 1.55 bits per heavy atom. The fourth-order valence-electron chi connectivity index (χ4n) is 3.09. The maximum Gasteiger partial charge on any atom is 0.256 e. The van der Waals surface area contributed by atoms with E-state index in [1.54, 1.807) is 6.20 Å². The molecule has 4 nitrogen and oxygen atoms in total. The van der Waals surface area contributed by atoms with Gasteiger partial charge in [-0.3, -0.25) is 9.48 Å². The first-order valence-electron chi connectivity index (χ1n) is 9.48. The highest BCUT2D eigenvalue weighted by molar-refractivity contribution is 6.29. The number of hydrogen-bond acceptors (Lipinski definition) is 2. The van der Waals surface area contributed by atoms with E-state index in [1.165, 1.54) is 0 Å². The molecule has 1 heterocycles. The second kappa shape index (κ2) is 8.85. The van der Waals surface area contributed by atoms with Gasteiger partial charge in [-0.1, -0.05) is 72.8 Å². The van der Waals surface area contributed by atoms with Crippen molar-refractivity contribution in [3.05, 3.63) is 120 Å². The van der Waals surface area contributed by atoms with Gasteiger partial charge in [0.05, 0.1) is 6.54 Å². The number of nitrogens with zero attached hydrogens (tertiary/aromatic N) is 2. The van der Waals surface area contributed by atoms with Crippen molar-refractivity contribution in [3.8, 4) is 0 Å². The molecule has 0 atom stereocenters. The Hall–Kier alpha value is -3.92. The summed E-state index contributed by atoms with van der Waals surface area (Å²) in [5.41, 5.74) is 4.36. The molecule has 0 spiro atoms. The third-order valence-electron chi connectivity index (χ3n) is 4.56. The van der Waals surface area contributed by atoms with Crippen LogP contribution in [-0.4, -0.2) is 15.7 Å². The standard InChI is InChI=1S/C25H21N3O/c29-25(27-23-14-12-21(13-15-23)19-28-17-7-16-26-28)24(22-10-5-2-6-11-22)18-20-8-3-1-4-9-20/h1-18H,19H2,(H,27,29). The largest absolute Gasteiger partial charge is 0.322 e. The van der Waals surface area contributed by atoms with Crippen LogP contribution < -0.4 is 5.32 Å². The lowest BCUT2D eigenvalue weighted by molar-refractivity contribution is -0.111. The van der Waals surface area contributed by atoms with Gasteiger partial charge in [0.1, 0.15) is 0 Å². The van der Waals surface area contributed by atoms with Gasteiger partial charge in [-0.25, -0.2) is 0 Å². The van der Waals surface area contributed by atoms with Gasteiger partial charge in [0.15, 0.2) is 0 Å². The zero-order chi connectivity index (χ0) is 19.9. The van der Waals surface area contributed by atoms with Crippen LogP contribution in [0.2, 0.25) is 0 Å². The summed E-state index contributed by atoms with van der Waals surface area (Å²) >= 11 is 0. The Kier molecular flexibility index (Phi) is 5.63. The molecule has 1 amide bonds. The van der Waals surface area contributed by atoms with Gasteiger partial charge in [-0.15, -0.1) is 0 Å². The van der Waals surface area contributed by atoms with Crippen LogP contribution in [-0.2, 0) is 11.3 Å². The molecule has 1 N–H and O–H groups in total. The smallest absolute Gasteiger partial charge is 0.256 e. The van der Waals surface area contributed by atoms with E-state index in [-0.39, 0.29) is 5.91 Å². The van der Waals surface area contributed by atoms with Crippen LogP contribution >= 0.6 is 0 Å². The summed E-state index contributed by atoms with van der Waals surface area (Å²) in [4.78, 5) is 13.1. The van der Waals surface area contributed by atoms with E-state index in [0.717, 1.165) is 22.4 Å². The molecule has 4 rings (SSSR count). The molecular formula is C25H21N3O. The third kappa shape index (κ3) is 4.87. The maximum absolute atomic E-state index is 13.1. The fourth-order valence-corrected chi connectivity index (χ4v) is 3.09. The van der Waals surface area contributed by atoms with Crippen molar-refractivity contribution < 1.29 is 4.79 Å². The number of benzene rings is 3. The molecule has 0 saturated carbocycles. The van der Waals surface area contributed by atoms with Crippen molar-refractivity contribution in [1.82, 2.24) is 9.78 Å². The number of carbonyl (C=O) groups is 1. The summed E-state index contributed by atoms with van der Waals surface area (Å²) in [6.45, 7) is 0.699. The molecular weight excluding hydrogens is 358 g/mol. The predicted molar refractivity (Wildman–Crippen MR) is 117 cm³/mol. The molecule has 29 heavy (non-hydrogen) atoms. The Morgan fingerprint density at radius 1 is 0.862 bits per heavy atom. The average molecular weight is 379 g/mol. The van der Waals surface area contributed by atoms with Gasteiger partial charge in [-0.2, -0.15) is 5.10 Å². The monoisotopic (exact) mass is 379 g/mol. The molecule has 1 aromatic heterocycles. The van der Waals surface area contributed by atoms with E-state index in [1.807, 2.05) is 108 Å². The second-order valence-corrected chi connectivity index (χ2v) is 6.69. The first-order valence-corrected chi connectivity index (χ1v) is 9.48. The molecule has 0 fully saturated rings. The van der Waals surface area contributed by atoms with Crippen molar-refractivity contribution in [2.24, 2.45) is 0 Å². The molecule has 0 saturated heterocycles. The lowest BCUT2D eigenvalue weighted by Gasteiger charge is -2.11. The van der Waals surface area contributed by atoms with Gasteiger partial charge in [0.2, 0.25) is 0 Å². The lowest BCUT2D eigenvalue weighted by Crippen LogP contribution is -2.13. The van der Waals surface area contributed by atoms with Crippen LogP contribution in [0, 0.1) is 0 Å². The van der Waals surface area contributed by atoms with Crippen LogP contribution in [0.5, 0.6) is 0 Å². The molecule has 0 aliphatic carbocycles. The zero-order valence-electron chi connectivity index (χ0n) is 15.9. The number of nitrogens with one attached hydrogen (secondary N) is 1. The van der Waals surface area contributed by atoms with E-state index in [9.17, 15) is 4.79 Å². The summed E-state index contributed by atoms with van der Waals surface area (Å²) in [6, 6.07) is 29.3. The minimum atomic E-state index is -0.139. The number of amides is 1. The van der Waals surface area contributed by atoms with E-state index in [0.29, 0.717) is 12.1 Å². The second-order valence-electron chi connectivity index (χ2n) is 6.69. The highest BCUT2D eigenvalue weighted by atomic mass is 16.1. The van der Waals surface area contributed by atoms with Gasteiger partial charge in [-0.05, 0) is 41.0 Å². The van der Waals surface area contributed by atoms with Crippen molar-refractivity contribution in [3.63, 3.8) is 0 Å². The van der Waals surface area contributed by atoms with Crippen LogP contribution in [0.15, 0.2) is 103 Å². The number of anilines is 1. The van der Waals surface area contributed by atoms with Crippen molar-refractivity contribution in [2.75, 3.05) is 5.32 Å². The van der Waals surface area contributed by atoms with Crippen molar-refractivity contribution in [2.45, 2.75) is 6.54 Å². The number of hydrogen-bond donors (Lipinski definition) is 1. The van der Waals surface area contributed by atoms with Crippen LogP contribution in [0.3, 0.4) is 0 Å². The van der Waals surface area contributed by atoms with Gasteiger partial charge >= 0.3 is 0 Å². The minimum Gasteiger partial charge on any atom is -0.322 e. The first kappa shape index (κ1) is 18.4.